The lowest BCUT2D eigenvalue weighted by Crippen LogP contribution is -2.06. The largest absolute Gasteiger partial charge is 0.497 e. The van der Waals surface area contributed by atoms with Crippen LogP contribution in [0.3, 0.4) is 0 Å². The van der Waals surface area contributed by atoms with E-state index in [-0.39, 0.29) is 5.78 Å². The summed E-state index contributed by atoms with van der Waals surface area (Å²) in [5.74, 6) is 0.790. The molecule has 0 aliphatic rings. The van der Waals surface area contributed by atoms with Crippen LogP contribution >= 0.6 is 0 Å². The second-order valence-electron chi connectivity index (χ2n) is 5.38. The predicted molar refractivity (Wildman–Crippen MR) is 92.1 cm³/mol. The second kappa shape index (κ2) is 6.93. The van der Waals surface area contributed by atoms with E-state index in [0.717, 1.165) is 23.3 Å². The number of hydrogen-bond donors (Lipinski definition) is 0. The number of methoxy groups -OCH3 is 1. The standard InChI is InChI=1S/C21H18O2/c1-23-19-13-11-17(12-14-19)21(22)20-10-6-5-9-18(20)15-16-7-3-2-4-8-16/h2-14H,15H2,1H3. The number of rotatable bonds is 5. The summed E-state index contributed by atoms with van der Waals surface area (Å²) in [5.41, 5.74) is 3.66. The molecule has 3 aromatic carbocycles. The average Bonchev–Trinajstić information content (AvgIpc) is 2.62. The van der Waals surface area contributed by atoms with Crippen LogP contribution in [0.1, 0.15) is 27.0 Å². The number of benzene rings is 3. The Balaban J connectivity index is 1.91. The fraction of sp³-hybridized carbons (Fsp3) is 0.0952. The van der Waals surface area contributed by atoms with Crippen LogP contribution in [0, 0.1) is 0 Å². The third-order valence-electron chi connectivity index (χ3n) is 3.85. The van der Waals surface area contributed by atoms with E-state index in [1.165, 1.54) is 5.56 Å². The lowest BCUT2D eigenvalue weighted by molar-refractivity contribution is 0.103. The van der Waals surface area contributed by atoms with E-state index in [4.69, 9.17) is 4.74 Å². The van der Waals surface area contributed by atoms with Crippen LogP contribution in [0.2, 0.25) is 0 Å². The van der Waals surface area contributed by atoms with Crippen molar-refractivity contribution in [3.05, 3.63) is 101 Å². The third kappa shape index (κ3) is 3.49. The first-order chi connectivity index (χ1) is 11.3. The van der Waals surface area contributed by atoms with Crippen molar-refractivity contribution in [1.82, 2.24) is 0 Å². The Hall–Kier alpha value is -2.87. The third-order valence-corrected chi connectivity index (χ3v) is 3.85. The van der Waals surface area contributed by atoms with Crippen LogP contribution in [0.25, 0.3) is 0 Å². The SMILES string of the molecule is COc1ccc(C(=O)c2ccccc2Cc2ccccc2)cc1. The van der Waals surface area contributed by atoms with Gasteiger partial charge in [-0.25, -0.2) is 0 Å². The minimum absolute atomic E-state index is 0.0409. The molecule has 0 radical (unpaired) electrons. The number of ether oxygens (including phenoxy) is 1. The van der Waals surface area contributed by atoms with E-state index in [1.54, 1.807) is 19.2 Å². The van der Waals surface area contributed by atoms with Crippen LogP contribution < -0.4 is 4.74 Å². The zero-order chi connectivity index (χ0) is 16.1. The fourth-order valence-electron chi connectivity index (χ4n) is 2.61. The molecule has 0 aromatic heterocycles. The molecule has 0 spiro atoms. The van der Waals surface area contributed by atoms with Gasteiger partial charge >= 0.3 is 0 Å². The van der Waals surface area contributed by atoms with Gasteiger partial charge in [0.15, 0.2) is 5.78 Å². The highest BCUT2D eigenvalue weighted by atomic mass is 16.5. The highest BCUT2D eigenvalue weighted by Gasteiger charge is 2.13. The summed E-state index contributed by atoms with van der Waals surface area (Å²) in [6, 6.07) is 25.2. The zero-order valence-electron chi connectivity index (χ0n) is 13.0. The van der Waals surface area contributed by atoms with Crippen LogP contribution in [0.4, 0.5) is 0 Å². The molecule has 23 heavy (non-hydrogen) atoms. The van der Waals surface area contributed by atoms with Crippen molar-refractivity contribution in [3.63, 3.8) is 0 Å². The van der Waals surface area contributed by atoms with Gasteiger partial charge in [-0.15, -0.1) is 0 Å². The summed E-state index contributed by atoms with van der Waals surface area (Å²) >= 11 is 0. The smallest absolute Gasteiger partial charge is 0.193 e. The Morgan fingerprint density at radius 3 is 2.17 bits per heavy atom. The molecule has 0 aliphatic carbocycles. The lowest BCUT2D eigenvalue weighted by atomic mass is 9.94. The van der Waals surface area contributed by atoms with Crippen molar-refractivity contribution in [1.29, 1.82) is 0 Å². The average molecular weight is 302 g/mol. The predicted octanol–water partition coefficient (Wildman–Crippen LogP) is 4.52. The van der Waals surface area contributed by atoms with Crippen molar-refractivity contribution < 1.29 is 9.53 Å². The molecular formula is C21H18O2. The topological polar surface area (TPSA) is 26.3 Å². The zero-order valence-corrected chi connectivity index (χ0v) is 13.0. The lowest BCUT2D eigenvalue weighted by Gasteiger charge is -2.09. The van der Waals surface area contributed by atoms with Crippen molar-refractivity contribution in [2.24, 2.45) is 0 Å². The van der Waals surface area contributed by atoms with E-state index < -0.39 is 0 Å². The summed E-state index contributed by atoms with van der Waals surface area (Å²) < 4.78 is 5.15. The maximum Gasteiger partial charge on any atom is 0.193 e. The van der Waals surface area contributed by atoms with Crippen molar-refractivity contribution >= 4 is 5.78 Å². The molecule has 0 N–H and O–H groups in total. The first-order valence-electron chi connectivity index (χ1n) is 7.58. The van der Waals surface area contributed by atoms with Gasteiger partial charge < -0.3 is 4.74 Å². The van der Waals surface area contributed by atoms with E-state index in [1.807, 2.05) is 54.6 Å². The molecule has 0 amide bonds. The minimum Gasteiger partial charge on any atom is -0.497 e. The van der Waals surface area contributed by atoms with Gasteiger partial charge in [0.25, 0.3) is 0 Å². The van der Waals surface area contributed by atoms with Gasteiger partial charge in [0.05, 0.1) is 7.11 Å². The summed E-state index contributed by atoms with van der Waals surface area (Å²) in [4.78, 5) is 12.8. The fourth-order valence-corrected chi connectivity index (χ4v) is 2.61. The Morgan fingerprint density at radius 2 is 1.48 bits per heavy atom. The number of carbonyl (C=O) groups is 1. The molecule has 3 rings (SSSR count). The van der Waals surface area contributed by atoms with Gasteiger partial charge in [-0.2, -0.15) is 0 Å². The first-order valence-corrected chi connectivity index (χ1v) is 7.58. The van der Waals surface area contributed by atoms with E-state index >= 15 is 0 Å². The Bertz CT molecular complexity index is 790. The molecule has 2 nitrogen and oxygen atoms in total. The van der Waals surface area contributed by atoms with E-state index in [9.17, 15) is 4.79 Å². The van der Waals surface area contributed by atoms with Crippen molar-refractivity contribution in [2.45, 2.75) is 6.42 Å². The quantitative estimate of drug-likeness (QED) is 0.648. The van der Waals surface area contributed by atoms with Crippen molar-refractivity contribution in [3.8, 4) is 5.75 Å². The van der Waals surface area contributed by atoms with Gasteiger partial charge in [-0.3, -0.25) is 4.79 Å². The molecular weight excluding hydrogens is 284 g/mol. The summed E-state index contributed by atoms with van der Waals surface area (Å²) in [5, 5.41) is 0. The first kappa shape index (κ1) is 15.0. The number of hydrogen-bond acceptors (Lipinski definition) is 2. The maximum absolute atomic E-state index is 12.8. The van der Waals surface area contributed by atoms with Crippen LogP contribution in [0.5, 0.6) is 5.75 Å². The highest BCUT2D eigenvalue weighted by molar-refractivity contribution is 6.10. The summed E-state index contributed by atoms with van der Waals surface area (Å²) in [6.07, 6.45) is 0.749. The molecule has 2 heteroatoms. The van der Waals surface area contributed by atoms with Gasteiger partial charge in [0, 0.05) is 11.1 Å². The van der Waals surface area contributed by atoms with Crippen molar-refractivity contribution in [2.75, 3.05) is 7.11 Å². The van der Waals surface area contributed by atoms with Crippen LogP contribution in [0.15, 0.2) is 78.9 Å². The monoisotopic (exact) mass is 302 g/mol. The molecule has 0 heterocycles. The molecule has 0 saturated heterocycles. The molecule has 0 saturated carbocycles. The maximum atomic E-state index is 12.8. The van der Waals surface area contributed by atoms with Crippen LogP contribution in [-0.4, -0.2) is 12.9 Å². The molecule has 0 unspecified atom stereocenters. The Labute approximate surface area is 136 Å². The molecule has 0 aliphatic heterocycles. The van der Waals surface area contributed by atoms with Gasteiger partial charge in [-0.05, 0) is 41.8 Å². The van der Waals surface area contributed by atoms with Crippen LogP contribution in [-0.2, 0) is 6.42 Å². The molecule has 0 bridgehead atoms. The molecule has 114 valence electrons. The van der Waals surface area contributed by atoms with Gasteiger partial charge in [0.1, 0.15) is 5.75 Å². The normalized spacial score (nSPS) is 10.3. The van der Waals surface area contributed by atoms with E-state index in [0.29, 0.717) is 5.56 Å². The van der Waals surface area contributed by atoms with Gasteiger partial charge in [0.2, 0.25) is 0 Å². The molecule has 3 aromatic rings. The summed E-state index contributed by atoms with van der Waals surface area (Å²) in [6.45, 7) is 0. The Morgan fingerprint density at radius 1 is 0.826 bits per heavy atom. The second-order valence-corrected chi connectivity index (χ2v) is 5.38. The summed E-state index contributed by atoms with van der Waals surface area (Å²) in [7, 11) is 1.62. The molecule has 0 atom stereocenters. The van der Waals surface area contributed by atoms with E-state index in [2.05, 4.69) is 12.1 Å². The Kier molecular flexibility index (Phi) is 4.53. The molecule has 0 fully saturated rings. The highest BCUT2D eigenvalue weighted by Crippen LogP contribution is 2.20. The number of ketones is 1. The number of carbonyl (C=O) groups excluding carboxylic acids is 1. The minimum atomic E-state index is 0.0409. The van der Waals surface area contributed by atoms with Gasteiger partial charge in [-0.1, -0.05) is 54.6 Å².